The van der Waals surface area contributed by atoms with Gasteiger partial charge in [0.15, 0.2) is 30.1 Å². The number of ether oxygens (including phenoxy) is 12. The van der Waals surface area contributed by atoms with E-state index in [2.05, 4.69) is 5.32 Å². The summed E-state index contributed by atoms with van der Waals surface area (Å²) >= 11 is 0. The summed E-state index contributed by atoms with van der Waals surface area (Å²) in [6.07, 6.45) is -10.5. The number of esters is 4. The lowest BCUT2D eigenvalue weighted by Gasteiger charge is -2.46. The second-order valence-corrected chi connectivity index (χ2v) is 12.7. The van der Waals surface area contributed by atoms with Crippen molar-refractivity contribution in [2.75, 3.05) is 20.3 Å². The molecule has 1 N–H and O–H groups in total. The fraction of sp³-hybridized carbons (Fsp3) is 0.828. The molecule has 0 aliphatic carbocycles. The molecule has 0 unspecified atom stereocenters. The molecule has 0 saturated carbocycles. The molecular formula is C29H41NO17. The molecule has 5 rings (SSSR count). The number of carbonyl (C=O) groups is 5. The highest BCUT2D eigenvalue weighted by Crippen LogP contribution is 2.45. The topological polar surface area (TPSA) is 208 Å². The minimum Gasteiger partial charge on any atom is -0.465 e. The SMILES string of the molecule is COC(=O)[C@@]1(OC[C@H]2O[C@@H]3OC(C)(C)O[C@@H]3[C@H]3OC(C)(C)O[C@H]32)C[C@@H]2OC(=O)N[C@H]2[C@H]([C@H](OC(C)=O)[C@@H](COC(C)=O)OC(C)=O)O1. The van der Waals surface area contributed by atoms with Crippen LogP contribution in [0.5, 0.6) is 0 Å². The van der Waals surface area contributed by atoms with E-state index in [9.17, 15) is 24.0 Å². The van der Waals surface area contributed by atoms with Crippen molar-refractivity contribution in [2.24, 2.45) is 0 Å². The third-order valence-electron chi connectivity index (χ3n) is 8.08. The van der Waals surface area contributed by atoms with E-state index in [1.54, 1.807) is 27.7 Å². The van der Waals surface area contributed by atoms with Gasteiger partial charge in [0, 0.05) is 20.8 Å². The zero-order valence-corrected chi connectivity index (χ0v) is 27.3. The van der Waals surface area contributed by atoms with Gasteiger partial charge in [-0.05, 0) is 27.7 Å². The maximum absolute atomic E-state index is 13.5. The van der Waals surface area contributed by atoms with Gasteiger partial charge in [-0.1, -0.05) is 0 Å². The number of nitrogens with one attached hydrogen (secondary N) is 1. The van der Waals surface area contributed by atoms with Crippen molar-refractivity contribution in [2.45, 2.75) is 133 Å². The van der Waals surface area contributed by atoms with Crippen LogP contribution in [-0.2, 0) is 76.0 Å². The van der Waals surface area contributed by atoms with Crippen LogP contribution in [0, 0.1) is 0 Å². The van der Waals surface area contributed by atoms with Gasteiger partial charge in [-0.3, -0.25) is 14.4 Å². The van der Waals surface area contributed by atoms with Crippen molar-refractivity contribution in [3.63, 3.8) is 0 Å². The standard InChI is InChI=1S/C29H41NO17/c1-12(31)37-10-16(39-13(2)32)19(40-14(3)33)21-18-15(42-26(35)30-18)9-29(46-21,25(34)36-8)38-11-17-20-22(44-27(4,5)43-20)23-24(41-17)47-28(6,7)45-23/h15-24H,9-11H2,1-8H3,(H,30,35)/t15-,16+,17+,18+,19+,20-,21+,22-,23+,24+,29+/m0/s1. The number of rotatable bonds is 10. The van der Waals surface area contributed by atoms with E-state index in [-0.39, 0.29) is 13.0 Å². The van der Waals surface area contributed by atoms with Crippen LogP contribution in [0.2, 0.25) is 0 Å². The van der Waals surface area contributed by atoms with Gasteiger partial charge in [0.2, 0.25) is 0 Å². The van der Waals surface area contributed by atoms with Crippen LogP contribution < -0.4 is 5.32 Å². The molecular weight excluding hydrogens is 634 g/mol. The fourth-order valence-corrected chi connectivity index (χ4v) is 6.45. The molecule has 11 atom stereocenters. The molecule has 0 spiro atoms. The first kappa shape index (κ1) is 35.2. The summed E-state index contributed by atoms with van der Waals surface area (Å²) in [6.45, 7) is 9.33. The number of methoxy groups -OCH3 is 1. The normalized spacial score (nSPS) is 37.6. The van der Waals surface area contributed by atoms with Crippen molar-refractivity contribution in [3.8, 4) is 0 Å². The van der Waals surface area contributed by atoms with Gasteiger partial charge in [-0.2, -0.15) is 0 Å². The number of amides is 1. The molecule has 5 fully saturated rings. The largest absolute Gasteiger partial charge is 0.465 e. The van der Waals surface area contributed by atoms with Gasteiger partial charge in [0.1, 0.15) is 43.2 Å². The minimum atomic E-state index is -2.29. The molecule has 0 aromatic carbocycles. The molecule has 47 heavy (non-hydrogen) atoms. The van der Waals surface area contributed by atoms with Gasteiger partial charge in [-0.25, -0.2) is 9.59 Å². The second-order valence-electron chi connectivity index (χ2n) is 12.7. The first-order valence-corrected chi connectivity index (χ1v) is 15.1. The average Bonchev–Trinajstić information content (AvgIpc) is 3.60. The molecule has 264 valence electrons. The molecule has 0 aromatic rings. The van der Waals surface area contributed by atoms with Crippen molar-refractivity contribution in [1.29, 1.82) is 0 Å². The zero-order valence-electron chi connectivity index (χ0n) is 27.3. The van der Waals surface area contributed by atoms with E-state index in [4.69, 9.17) is 56.8 Å². The van der Waals surface area contributed by atoms with Crippen molar-refractivity contribution >= 4 is 30.0 Å². The van der Waals surface area contributed by atoms with Gasteiger partial charge >= 0.3 is 30.0 Å². The van der Waals surface area contributed by atoms with E-state index >= 15 is 0 Å². The van der Waals surface area contributed by atoms with Gasteiger partial charge < -0.3 is 62.2 Å². The highest BCUT2D eigenvalue weighted by molar-refractivity contribution is 5.79. The summed E-state index contributed by atoms with van der Waals surface area (Å²) < 4.78 is 69.5. The number of fused-ring (bicyclic) bond motifs is 4. The van der Waals surface area contributed by atoms with Gasteiger partial charge in [0.05, 0.1) is 26.2 Å². The van der Waals surface area contributed by atoms with Crippen LogP contribution in [0.25, 0.3) is 0 Å². The van der Waals surface area contributed by atoms with E-state index < -0.39 is 115 Å². The van der Waals surface area contributed by atoms with Gasteiger partial charge in [-0.15, -0.1) is 0 Å². The molecule has 5 aliphatic heterocycles. The first-order valence-electron chi connectivity index (χ1n) is 15.1. The zero-order chi connectivity index (χ0) is 34.5. The monoisotopic (exact) mass is 675 g/mol. The number of hydrogen-bond donors (Lipinski definition) is 1. The van der Waals surface area contributed by atoms with E-state index in [1.807, 2.05) is 0 Å². The summed E-state index contributed by atoms with van der Waals surface area (Å²) in [5, 5.41) is 2.58. The Morgan fingerprint density at radius 3 is 2.15 bits per heavy atom. The Bertz CT molecular complexity index is 1250. The van der Waals surface area contributed by atoms with Crippen LogP contribution in [0.3, 0.4) is 0 Å². The molecule has 5 aliphatic rings. The maximum Gasteiger partial charge on any atom is 0.407 e. The quantitative estimate of drug-likeness (QED) is 0.238. The highest BCUT2D eigenvalue weighted by atomic mass is 16.9. The third kappa shape index (κ3) is 7.48. The molecule has 5 saturated heterocycles. The van der Waals surface area contributed by atoms with E-state index in [0.29, 0.717) is 0 Å². The van der Waals surface area contributed by atoms with Crippen molar-refractivity contribution in [3.05, 3.63) is 0 Å². The Kier molecular flexibility index (Phi) is 9.77. The Hall–Kier alpha value is -3.13. The summed E-state index contributed by atoms with van der Waals surface area (Å²) in [7, 11) is 1.10. The first-order chi connectivity index (χ1) is 21.9. The third-order valence-corrected chi connectivity index (χ3v) is 8.08. The Balaban J connectivity index is 1.47. The smallest absolute Gasteiger partial charge is 0.407 e. The van der Waals surface area contributed by atoms with Crippen molar-refractivity contribution < 1.29 is 80.8 Å². The summed E-state index contributed by atoms with van der Waals surface area (Å²) in [6, 6.07) is -1.04. The summed E-state index contributed by atoms with van der Waals surface area (Å²) in [5.41, 5.74) is 0. The second kappa shape index (κ2) is 13.1. The Labute approximate surface area is 270 Å². The van der Waals surface area contributed by atoms with Crippen LogP contribution in [0.15, 0.2) is 0 Å². The lowest BCUT2D eigenvalue weighted by atomic mass is 9.89. The fourth-order valence-electron chi connectivity index (χ4n) is 6.45. The molecule has 0 bridgehead atoms. The number of carbonyl (C=O) groups excluding carboxylic acids is 5. The lowest BCUT2D eigenvalue weighted by molar-refractivity contribution is -0.323. The maximum atomic E-state index is 13.5. The average molecular weight is 676 g/mol. The van der Waals surface area contributed by atoms with Crippen molar-refractivity contribution in [1.82, 2.24) is 5.32 Å². The number of hydrogen-bond acceptors (Lipinski definition) is 17. The van der Waals surface area contributed by atoms with Crippen LogP contribution in [0.4, 0.5) is 4.79 Å². The highest BCUT2D eigenvalue weighted by Gasteiger charge is 2.64. The number of alkyl carbamates (subject to hydrolysis) is 1. The predicted molar refractivity (Wildman–Crippen MR) is 148 cm³/mol. The van der Waals surface area contributed by atoms with Crippen LogP contribution in [-0.4, -0.2) is 129 Å². The molecule has 18 nitrogen and oxygen atoms in total. The Morgan fingerprint density at radius 2 is 1.51 bits per heavy atom. The lowest BCUT2D eigenvalue weighted by Crippen LogP contribution is -2.67. The van der Waals surface area contributed by atoms with Crippen LogP contribution in [0.1, 0.15) is 54.9 Å². The molecule has 5 heterocycles. The molecule has 0 radical (unpaired) electrons. The van der Waals surface area contributed by atoms with E-state index in [1.165, 1.54) is 0 Å². The molecule has 1 amide bonds. The molecule has 18 heteroatoms. The van der Waals surface area contributed by atoms with Crippen LogP contribution >= 0.6 is 0 Å². The predicted octanol–water partition coefficient (Wildman–Crippen LogP) is -0.0388. The van der Waals surface area contributed by atoms with E-state index in [0.717, 1.165) is 27.9 Å². The summed E-state index contributed by atoms with van der Waals surface area (Å²) in [5.74, 6) is -7.67. The van der Waals surface area contributed by atoms with Gasteiger partial charge in [0.25, 0.3) is 5.79 Å². The minimum absolute atomic E-state index is 0.354. The Morgan fingerprint density at radius 1 is 0.872 bits per heavy atom. The molecule has 0 aromatic heterocycles. The summed E-state index contributed by atoms with van der Waals surface area (Å²) in [4.78, 5) is 62.1.